The van der Waals surface area contributed by atoms with E-state index in [9.17, 15) is 4.79 Å². The summed E-state index contributed by atoms with van der Waals surface area (Å²) in [6.45, 7) is 0. The molecule has 0 saturated carbocycles. The van der Waals surface area contributed by atoms with Gasteiger partial charge in [-0.3, -0.25) is 15.2 Å². The van der Waals surface area contributed by atoms with E-state index >= 15 is 0 Å². The minimum atomic E-state index is -0.183. The van der Waals surface area contributed by atoms with E-state index in [1.54, 1.807) is 7.11 Å². The Morgan fingerprint density at radius 1 is 1.21 bits per heavy atom. The average Bonchev–Trinajstić information content (AvgIpc) is 3.04. The number of aromatic amines is 1. The number of carbonyl (C=O) groups is 1. The Balaban J connectivity index is 1.66. The quantitative estimate of drug-likeness (QED) is 0.703. The number of amides is 1. The lowest BCUT2D eigenvalue weighted by molar-refractivity contribution is -0.115. The number of hydrogen-bond donors (Lipinski definition) is 2. The number of aromatic nitrogens is 3. The Labute approximate surface area is 147 Å². The number of anilines is 1. The summed E-state index contributed by atoms with van der Waals surface area (Å²) in [6.07, 6.45) is 0.239. The van der Waals surface area contributed by atoms with Gasteiger partial charge in [-0.25, -0.2) is 0 Å². The highest BCUT2D eigenvalue weighted by Crippen LogP contribution is 2.25. The van der Waals surface area contributed by atoms with E-state index in [-0.39, 0.29) is 18.3 Å². The number of nitrogens with one attached hydrogen (secondary N) is 2. The van der Waals surface area contributed by atoms with Gasteiger partial charge in [0.15, 0.2) is 5.82 Å². The van der Waals surface area contributed by atoms with Crippen LogP contribution in [0.5, 0.6) is 5.75 Å². The first-order chi connectivity index (χ1) is 11.7. The van der Waals surface area contributed by atoms with Crippen LogP contribution < -0.4 is 10.1 Å². The Morgan fingerprint density at radius 2 is 1.96 bits per heavy atom. The summed E-state index contributed by atoms with van der Waals surface area (Å²) in [5.74, 6) is 1.41. The molecule has 0 unspecified atom stereocenters. The molecular formula is C17H15BrN4O2. The molecule has 2 N–H and O–H groups in total. The predicted octanol–water partition coefficient (Wildman–Crippen LogP) is 3.42. The molecule has 0 atom stereocenters. The van der Waals surface area contributed by atoms with Crippen molar-refractivity contribution >= 4 is 27.8 Å². The molecule has 24 heavy (non-hydrogen) atoms. The van der Waals surface area contributed by atoms with Crippen LogP contribution in [0.4, 0.5) is 5.95 Å². The lowest BCUT2D eigenvalue weighted by Crippen LogP contribution is -2.15. The Morgan fingerprint density at radius 3 is 2.67 bits per heavy atom. The van der Waals surface area contributed by atoms with Crippen molar-refractivity contribution in [3.8, 4) is 17.1 Å². The van der Waals surface area contributed by atoms with E-state index in [1.165, 1.54) is 0 Å². The maximum atomic E-state index is 12.1. The van der Waals surface area contributed by atoms with Crippen LogP contribution in [0.3, 0.4) is 0 Å². The van der Waals surface area contributed by atoms with Gasteiger partial charge >= 0.3 is 0 Å². The summed E-state index contributed by atoms with van der Waals surface area (Å²) in [6, 6.07) is 15.0. The molecule has 3 aromatic rings. The van der Waals surface area contributed by atoms with Crippen LogP contribution in [-0.2, 0) is 11.2 Å². The zero-order valence-corrected chi connectivity index (χ0v) is 14.5. The zero-order chi connectivity index (χ0) is 16.9. The minimum absolute atomic E-state index is 0.183. The van der Waals surface area contributed by atoms with Crippen molar-refractivity contribution in [2.45, 2.75) is 6.42 Å². The van der Waals surface area contributed by atoms with Crippen molar-refractivity contribution in [3.05, 3.63) is 58.6 Å². The van der Waals surface area contributed by atoms with Crippen LogP contribution in [0.2, 0.25) is 0 Å². The molecule has 0 fully saturated rings. The smallest absolute Gasteiger partial charge is 0.249 e. The van der Waals surface area contributed by atoms with Gasteiger partial charge in [-0.2, -0.15) is 4.98 Å². The second kappa shape index (κ2) is 7.27. The third-order valence-electron chi connectivity index (χ3n) is 3.39. The molecule has 7 heteroatoms. The number of hydrogen-bond acceptors (Lipinski definition) is 4. The molecule has 0 bridgehead atoms. The largest absolute Gasteiger partial charge is 0.497 e. The lowest BCUT2D eigenvalue weighted by atomic mass is 10.1. The van der Waals surface area contributed by atoms with Crippen molar-refractivity contribution in [1.29, 1.82) is 0 Å². The highest BCUT2D eigenvalue weighted by atomic mass is 79.9. The van der Waals surface area contributed by atoms with Crippen molar-refractivity contribution < 1.29 is 9.53 Å². The molecular weight excluding hydrogens is 372 g/mol. The van der Waals surface area contributed by atoms with Gasteiger partial charge in [0, 0.05) is 10.0 Å². The van der Waals surface area contributed by atoms with Gasteiger partial charge in [0.1, 0.15) is 5.75 Å². The monoisotopic (exact) mass is 386 g/mol. The molecule has 0 aliphatic carbocycles. The number of H-pyrrole nitrogens is 1. The maximum Gasteiger partial charge on any atom is 0.249 e. The maximum absolute atomic E-state index is 12.1. The average molecular weight is 387 g/mol. The van der Waals surface area contributed by atoms with Crippen LogP contribution in [0.1, 0.15) is 5.56 Å². The number of rotatable bonds is 5. The zero-order valence-electron chi connectivity index (χ0n) is 12.9. The standard InChI is InChI=1S/C17H15BrN4O2/c1-24-12-8-6-11(7-9-12)10-15(23)19-17-20-16(21-22-17)13-4-2-3-5-14(13)18/h2-9H,10H2,1H3,(H2,19,20,21,22,23). The molecule has 0 aliphatic rings. The Hall–Kier alpha value is -2.67. The van der Waals surface area contributed by atoms with Gasteiger partial charge in [-0.1, -0.05) is 46.3 Å². The van der Waals surface area contributed by atoms with Crippen LogP contribution in [-0.4, -0.2) is 28.2 Å². The van der Waals surface area contributed by atoms with E-state index in [2.05, 4.69) is 36.4 Å². The third-order valence-corrected chi connectivity index (χ3v) is 4.08. The van der Waals surface area contributed by atoms with E-state index < -0.39 is 0 Å². The van der Waals surface area contributed by atoms with Gasteiger partial charge in [0.2, 0.25) is 11.9 Å². The second-order valence-corrected chi connectivity index (χ2v) is 5.91. The summed E-state index contributed by atoms with van der Waals surface area (Å²) in [7, 11) is 1.60. The van der Waals surface area contributed by atoms with Gasteiger partial charge in [-0.05, 0) is 23.8 Å². The summed E-state index contributed by atoms with van der Waals surface area (Å²) in [5, 5.41) is 9.55. The molecule has 122 valence electrons. The molecule has 0 saturated heterocycles. The molecule has 1 amide bonds. The topological polar surface area (TPSA) is 79.9 Å². The van der Waals surface area contributed by atoms with Crippen LogP contribution in [0, 0.1) is 0 Å². The van der Waals surface area contributed by atoms with E-state index in [1.807, 2.05) is 48.5 Å². The van der Waals surface area contributed by atoms with Gasteiger partial charge < -0.3 is 4.74 Å². The summed E-state index contributed by atoms with van der Waals surface area (Å²) in [5.41, 5.74) is 1.76. The fourth-order valence-electron chi connectivity index (χ4n) is 2.19. The second-order valence-electron chi connectivity index (χ2n) is 5.06. The SMILES string of the molecule is COc1ccc(CC(=O)Nc2n[nH]c(-c3ccccc3Br)n2)cc1. The van der Waals surface area contributed by atoms with Crippen molar-refractivity contribution in [2.75, 3.05) is 12.4 Å². The molecule has 1 aromatic heterocycles. The number of halogens is 1. The fraction of sp³-hybridized carbons (Fsp3) is 0.118. The Bertz CT molecular complexity index is 846. The minimum Gasteiger partial charge on any atom is -0.497 e. The summed E-state index contributed by atoms with van der Waals surface area (Å²) >= 11 is 3.46. The van der Waals surface area contributed by atoms with Crippen molar-refractivity contribution in [3.63, 3.8) is 0 Å². The number of benzene rings is 2. The first-order valence-electron chi connectivity index (χ1n) is 7.26. The summed E-state index contributed by atoms with van der Waals surface area (Å²) < 4.78 is 6.00. The van der Waals surface area contributed by atoms with E-state index in [0.717, 1.165) is 21.3 Å². The molecule has 2 aromatic carbocycles. The van der Waals surface area contributed by atoms with Gasteiger partial charge in [0.05, 0.1) is 13.5 Å². The highest BCUT2D eigenvalue weighted by Gasteiger charge is 2.11. The van der Waals surface area contributed by atoms with Crippen molar-refractivity contribution in [1.82, 2.24) is 15.2 Å². The number of methoxy groups -OCH3 is 1. The molecule has 0 spiro atoms. The van der Waals surface area contributed by atoms with Crippen LogP contribution >= 0.6 is 15.9 Å². The molecule has 1 heterocycles. The van der Waals surface area contributed by atoms with Gasteiger partial charge in [0.25, 0.3) is 0 Å². The number of nitrogens with zero attached hydrogens (tertiary/aromatic N) is 2. The third kappa shape index (κ3) is 3.80. The normalized spacial score (nSPS) is 10.4. The Kier molecular flexibility index (Phi) is 4.90. The summed E-state index contributed by atoms with van der Waals surface area (Å²) in [4.78, 5) is 16.4. The van der Waals surface area contributed by atoms with E-state index in [4.69, 9.17) is 4.74 Å². The fourth-order valence-corrected chi connectivity index (χ4v) is 2.66. The van der Waals surface area contributed by atoms with E-state index in [0.29, 0.717) is 5.82 Å². The molecule has 6 nitrogen and oxygen atoms in total. The highest BCUT2D eigenvalue weighted by molar-refractivity contribution is 9.10. The van der Waals surface area contributed by atoms with Crippen LogP contribution in [0.25, 0.3) is 11.4 Å². The first-order valence-corrected chi connectivity index (χ1v) is 8.05. The lowest BCUT2D eigenvalue weighted by Gasteiger charge is -2.03. The molecule has 0 radical (unpaired) electrons. The van der Waals surface area contributed by atoms with Crippen LogP contribution in [0.15, 0.2) is 53.0 Å². The van der Waals surface area contributed by atoms with Gasteiger partial charge in [-0.15, -0.1) is 5.10 Å². The predicted molar refractivity (Wildman–Crippen MR) is 94.8 cm³/mol. The van der Waals surface area contributed by atoms with Crippen molar-refractivity contribution in [2.24, 2.45) is 0 Å². The number of ether oxygens (including phenoxy) is 1. The molecule has 0 aliphatic heterocycles. The molecule has 3 rings (SSSR count). The number of carbonyl (C=O) groups excluding carboxylic acids is 1. The first kappa shape index (κ1) is 16.2.